The van der Waals surface area contributed by atoms with Gasteiger partial charge in [-0.25, -0.2) is 4.98 Å². The van der Waals surface area contributed by atoms with Gasteiger partial charge in [0.25, 0.3) is 5.69 Å². The van der Waals surface area contributed by atoms with E-state index in [1.165, 1.54) is 6.07 Å². The van der Waals surface area contributed by atoms with Crippen molar-refractivity contribution < 1.29 is 4.92 Å². The fourth-order valence-electron chi connectivity index (χ4n) is 1.76. The van der Waals surface area contributed by atoms with Crippen LogP contribution in [0.4, 0.5) is 11.5 Å². The second kappa shape index (κ2) is 6.18. The largest absolute Gasteiger partial charge is 0.367 e. The summed E-state index contributed by atoms with van der Waals surface area (Å²) in [7, 11) is 0. The van der Waals surface area contributed by atoms with Crippen LogP contribution in [-0.4, -0.2) is 15.9 Å². The zero-order chi connectivity index (χ0) is 12.8. The van der Waals surface area contributed by atoms with Crippen molar-refractivity contribution in [1.82, 2.24) is 4.98 Å². The fourth-order valence-corrected chi connectivity index (χ4v) is 1.76. The van der Waals surface area contributed by atoms with E-state index in [0.717, 1.165) is 19.3 Å². The van der Waals surface area contributed by atoms with E-state index in [4.69, 9.17) is 0 Å². The van der Waals surface area contributed by atoms with Crippen molar-refractivity contribution in [3.05, 3.63) is 27.9 Å². The summed E-state index contributed by atoms with van der Waals surface area (Å²) < 4.78 is 0. The van der Waals surface area contributed by atoms with E-state index < -0.39 is 4.92 Å². The Morgan fingerprint density at radius 3 is 2.65 bits per heavy atom. The molecule has 0 fully saturated rings. The molecule has 1 N–H and O–H groups in total. The monoisotopic (exact) mass is 237 g/mol. The highest BCUT2D eigenvalue weighted by atomic mass is 16.6. The zero-order valence-corrected chi connectivity index (χ0v) is 10.6. The molecule has 94 valence electrons. The Balaban J connectivity index is 2.79. The molecule has 1 rings (SSSR count). The number of anilines is 1. The predicted octanol–water partition coefficient (Wildman–Crippen LogP) is 3.29. The molecule has 17 heavy (non-hydrogen) atoms. The van der Waals surface area contributed by atoms with Crippen LogP contribution in [0.5, 0.6) is 0 Å². The molecule has 0 bridgehead atoms. The van der Waals surface area contributed by atoms with Gasteiger partial charge in [0.05, 0.1) is 4.92 Å². The third-order valence-electron chi connectivity index (χ3n) is 2.74. The van der Waals surface area contributed by atoms with Crippen LogP contribution >= 0.6 is 0 Å². The van der Waals surface area contributed by atoms with E-state index in [9.17, 15) is 10.1 Å². The molecule has 0 aromatic carbocycles. The molecular formula is C12H19N3O2. The van der Waals surface area contributed by atoms with Gasteiger partial charge in [-0.15, -0.1) is 0 Å². The number of hydrogen-bond donors (Lipinski definition) is 1. The van der Waals surface area contributed by atoms with E-state index in [-0.39, 0.29) is 5.69 Å². The maximum atomic E-state index is 10.7. The number of pyridine rings is 1. The Bertz CT molecular complexity index is 393. The van der Waals surface area contributed by atoms with Crippen LogP contribution in [0.25, 0.3) is 0 Å². The van der Waals surface area contributed by atoms with Gasteiger partial charge in [-0.1, -0.05) is 20.3 Å². The SMILES string of the molecule is CCCC(CC)Nc1ccc([N+](=O)[O-])c(C)n1. The van der Waals surface area contributed by atoms with E-state index in [2.05, 4.69) is 24.1 Å². The fraction of sp³-hybridized carbons (Fsp3) is 0.583. The zero-order valence-electron chi connectivity index (χ0n) is 10.6. The molecule has 0 aliphatic carbocycles. The van der Waals surface area contributed by atoms with Gasteiger partial charge >= 0.3 is 0 Å². The summed E-state index contributed by atoms with van der Waals surface area (Å²) in [6, 6.07) is 3.56. The van der Waals surface area contributed by atoms with Crippen molar-refractivity contribution in [2.45, 2.75) is 46.1 Å². The molecule has 1 atom stereocenters. The molecule has 0 aliphatic heterocycles. The highest BCUT2D eigenvalue weighted by molar-refractivity contribution is 5.45. The summed E-state index contributed by atoms with van der Waals surface area (Å²) in [5.41, 5.74) is 0.519. The number of aromatic nitrogens is 1. The summed E-state index contributed by atoms with van der Waals surface area (Å²) in [6.07, 6.45) is 3.21. The molecular weight excluding hydrogens is 218 g/mol. The highest BCUT2D eigenvalue weighted by Crippen LogP contribution is 2.19. The highest BCUT2D eigenvalue weighted by Gasteiger charge is 2.13. The lowest BCUT2D eigenvalue weighted by Crippen LogP contribution is -2.19. The van der Waals surface area contributed by atoms with E-state index in [0.29, 0.717) is 17.6 Å². The van der Waals surface area contributed by atoms with E-state index >= 15 is 0 Å². The van der Waals surface area contributed by atoms with Crippen LogP contribution in [0.1, 0.15) is 38.8 Å². The molecule has 0 aliphatic rings. The minimum absolute atomic E-state index is 0.0686. The molecule has 1 aromatic rings. The second-order valence-corrected chi connectivity index (χ2v) is 4.10. The van der Waals surface area contributed by atoms with Gasteiger partial charge in [0.1, 0.15) is 11.5 Å². The topological polar surface area (TPSA) is 68.1 Å². The number of nitrogens with one attached hydrogen (secondary N) is 1. The van der Waals surface area contributed by atoms with Crippen molar-refractivity contribution in [2.24, 2.45) is 0 Å². The average molecular weight is 237 g/mol. The van der Waals surface area contributed by atoms with Gasteiger partial charge in [0.2, 0.25) is 0 Å². The lowest BCUT2D eigenvalue weighted by atomic mass is 10.1. The Labute approximate surface area is 101 Å². The van der Waals surface area contributed by atoms with Crippen molar-refractivity contribution in [3.63, 3.8) is 0 Å². The minimum atomic E-state index is -0.407. The first kappa shape index (κ1) is 13.4. The summed E-state index contributed by atoms with van der Waals surface area (Å²) in [6.45, 7) is 5.91. The minimum Gasteiger partial charge on any atom is -0.367 e. The molecule has 1 unspecified atom stereocenters. The van der Waals surface area contributed by atoms with Crippen LogP contribution in [0, 0.1) is 17.0 Å². The molecule has 5 heteroatoms. The predicted molar refractivity (Wildman–Crippen MR) is 68.2 cm³/mol. The lowest BCUT2D eigenvalue weighted by molar-refractivity contribution is -0.385. The number of hydrogen-bond acceptors (Lipinski definition) is 4. The summed E-state index contributed by atoms with van der Waals surface area (Å²) in [5.74, 6) is 0.716. The summed E-state index contributed by atoms with van der Waals surface area (Å²) in [4.78, 5) is 14.5. The number of aryl methyl sites for hydroxylation is 1. The molecule has 0 spiro atoms. The number of nitro groups is 1. The quantitative estimate of drug-likeness (QED) is 0.609. The lowest BCUT2D eigenvalue weighted by Gasteiger charge is -2.16. The first-order valence-electron chi connectivity index (χ1n) is 5.97. The first-order valence-corrected chi connectivity index (χ1v) is 5.97. The van der Waals surface area contributed by atoms with Gasteiger partial charge in [-0.2, -0.15) is 0 Å². The summed E-state index contributed by atoms with van der Waals surface area (Å²) >= 11 is 0. The van der Waals surface area contributed by atoms with Gasteiger partial charge in [-0.3, -0.25) is 10.1 Å². The van der Waals surface area contributed by atoms with Gasteiger partial charge in [0, 0.05) is 12.1 Å². The molecule has 1 heterocycles. The third kappa shape index (κ3) is 3.69. The maximum Gasteiger partial charge on any atom is 0.290 e. The second-order valence-electron chi connectivity index (χ2n) is 4.10. The molecule has 0 saturated carbocycles. The summed E-state index contributed by atoms with van der Waals surface area (Å²) in [5, 5.41) is 14.0. The Morgan fingerprint density at radius 1 is 1.47 bits per heavy atom. The van der Waals surface area contributed by atoms with E-state index in [1.54, 1.807) is 13.0 Å². The van der Waals surface area contributed by atoms with Gasteiger partial charge in [-0.05, 0) is 25.8 Å². The molecule has 0 amide bonds. The molecule has 0 saturated heterocycles. The molecule has 5 nitrogen and oxygen atoms in total. The van der Waals surface area contributed by atoms with Crippen molar-refractivity contribution in [3.8, 4) is 0 Å². The Morgan fingerprint density at radius 2 is 2.18 bits per heavy atom. The number of rotatable bonds is 6. The first-order chi connectivity index (χ1) is 8.08. The smallest absolute Gasteiger partial charge is 0.290 e. The average Bonchev–Trinajstić information content (AvgIpc) is 2.28. The van der Waals surface area contributed by atoms with Crippen molar-refractivity contribution in [1.29, 1.82) is 0 Å². The van der Waals surface area contributed by atoms with E-state index in [1.807, 2.05) is 0 Å². The van der Waals surface area contributed by atoms with Crippen LogP contribution < -0.4 is 5.32 Å². The van der Waals surface area contributed by atoms with Gasteiger partial charge < -0.3 is 5.32 Å². The Hall–Kier alpha value is -1.65. The van der Waals surface area contributed by atoms with Crippen LogP contribution in [0.2, 0.25) is 0 Å². The van der Waals surface area contributed by atoms with Crippen LogP contribution in [0.3, 0.4) is 0 Å². The van der Waals surface area contributed by atoms with Crippen LogP contribution in [0.15, 0.2) is 12.1 Å². The standard InChI is InChI=1S/C12H19N3O2/c1-4-6-10(5-2)14-12-8-7-11(15(16)17)9(3)13-12/h7-8,10H,4-6H2,1-3H3,(H,13,14). The normalized spacial score (nSPS) is 12.2. The third-order valence-corrected chi connectivity index (χ3v) is 2.74. The van der Waals surface area contributed by atoms with Gasteiger partial charge in [0.15, 0.2) is 0 Å². The number of nitrogens with zero attached hydrogens (tertiary/aromatic N) is 2. The Kier molecular flexibility index (Phi) is 4.87. The van der Waals surface area contributed by atoms with Crippen molar-refractivity contribution in [2.75, 3.05) is 5.32 Å². The van der Waals surface area contributed by atoms with Crippen molar-refractivity contribution >= 4 is 11.5 Å². The molecule has 1 aromatic heterocycles. The molecule has 0 radical (unpaired) electrons. The maximum absolute atomic E-state index is 10.7. The van der Waals surface area contributed by atoms with Crippen LogP contribution in [-0.2, 0) is 0 Å².